The quantitative estimate of drug-likeness (QED) is 0.380. The minimum atomic E-state index is -3.36. The van der Waals surface area contributed by atoms with Crippen LogP contribution in [0.3, 0.4) is 0 Å². The van der Waals surface area contributed by atoms with Crippen LogP contribution in [0.1, 0.15) is 48.2 Å². The number of halogens is 3. The second kappa shape index (κ2) is 12.5. The standard InChI is InChI=1S/C30H31ClF2N4O7/c1-15(34-26(40)19-7-8-22(21(31)11-19)35-16(2)38)28(42)37-14-30(32,33)13-24(37)27(41)36-23-12-25(39)44-29(23)43-20-9-17-5-3-4-6-18(17)10-20/h3-8,11,15,20,23-24,29H,9-10,12-14H2,1-2H3,(H,34,40)(H,35,38)(H,36,41). The van der Waals surface area contributed by atoms with Crippen LogP contribution in [0.15, 0.2) is 42.5 Å². The molecule has 2 aromatic rings. The van der Waals surface area contributed by atoms with Gasteiger partial charge in [0, 0.05) is 18.9 Å². The molecule has 14 heteroatoms. The summed E-state index contributed by atoms with van der Waals surface area (Å²) in [5.74, 6) is -6.83. The number of esters is 1. The van der Waals surface area contributed by atoms with Gasteiger partial charge in [-0.2, -0.15) is 0 Å². The van der Waals surface area contributed by atoms with E-state index in [0.717, 1.165) is 16.0 Å². The first-order valence-electron chi connectivity index (χ1n) is 14.1. The molecule has 2 heterocycles. The van der Waals surface area contributed by atoms with Crippen molar-refractivity contribution in [2.24, 2.45) is 0 Å². The number of anilines is 1. The number of amides is 4. The zero-order chi connectivity index (χ0) is 31.8. The molecule has 2 aliphatic heterocycles. The number of rotatable bonds is 8. The highest BCUT2D eigenvalue weighted by atomic mass is 35.5. The summed E-state index contributed by atoms with van der Waals surface area (Å²) >= 11 is 6.13. The van der Waals surface area contributed by atoms with Crippen LogP contribution in [0.25, 0.3) is 0 Å². The number of hydrogen-bond donors (Lipinski definition) is 3. The van der Waals surface area contributed by atoms with Gasteiger partial charge in [0.05, 0.1) is 29.8 Å². The van der Waals surface area contributed by atoms with Crippen LogP contribution in [-0.2, 0) is 41.5 Å². The number of fused-ring (bicyclic) bond motifs is 1. The van der Waals surface area contributed by atoms with Gasteiger partial charge in [-0.25, -0.2) is 8.78 Å². The number of nitrogens with one attached hydrogen (secondary N) is 3. The molecular formula is C30H31ClF2N4O7. The largest absolute Gasteiger partial charge is 0.433 e. The third-order valence-electron chi connectivity index (χ3n) is 7.75. The molecule has 234 valence electrons. The Balaban J connectivity index is 1.22. The van der Waals surface area contributed by atoms with Gasteiger partial charge in [-0.15, -0.1) is 0 Å². The van der Waals surface area contributed by atoms with Crippen LogP contribution in [0.5, 0.6) is 0 Å². The van der Waals surface area contributed by atoms with Gasteiger partial charge < -0.3 is 30.3 Å². The van der Waals surface area contributed by atoms with E-state index in [4.69, 9.17) is 21.1 Å². The lowest BCUT2D eigenvalue weighted by atomic mass is 10.1. The summed E-state index contributed by atoms with van der Waals surface area (Å²) in [4.78, 5) is 63.5. The molecular weight excluding hydrogens is 602 g/mol. The summed E-state index contributed by atoms with van der Waals surface area (Å²) < 4.78 is 40.4. The molecule has 0 spiro atoms. The fourth-order valence-electron chi connectivity index (χ4n) is 5.68. The number of ether oxygens (including phenoxy) is 2. The molecule has 1 aliphatic carbocycles. The average Bonchev–Trinajstić information content (AvgIpc) is 3.62. The van der Waals surface area contributed by atoms with Crippen LogP contribution in [0, 0.1) is 0 Å². The summed E-state index contributed by atoms with van der Waals surface area (Å²) in [7, 11) is 0. The zero-order valence-corrected chi connectivity index (χ0v) is 24.7. The molecule has 5 rings (SSSR count). The van der Waals surface area contributed by atoms with Crippen molar-refractivity contribution in [2.75, 3.05) is 11.9 Å². The van der Waals surface area contributed by atoms with Crippen molar-refractivity contribution in [3.8, 4) is 0 Å². The highest BCUT2D eigenvalue weighted by Crippen LogP contribution is 2.34. The lowest BCUT2D eigenvalue weighted by Gasteiger charge is -2.28. The third-order valence-corrected chi connectivity index (χ3v) is 8.06. The van der Waals surface area contributed by atoms with Crippen LogP contribution in [0.4, 0.5) is 14.5 Å². The van der Waals surface area contributed by atoms with Gasteiger partial charge in [-0.05, 0) is 49.1 Å². The maximum absolute atomic E-state index is 14.6. The van der Waals surface area contributed by atoms with Crippen molar-refractivity contribution in [2.45, 2.75) is 76.0 Å². The Morgan fingerprint density at radius 2 is 1.77 bits per heavy atom. The van der Waals surface area contributed by atoms with Crippen LogP contribution >= 0.6 is 11.6 Å². The van der Waals surface area contributed by atoms with Crippen molar-refractivity contribution in [1.82, 2.24) is 15.5 Å². The third kappa shape index (κ3) is 6.99. The minimum absolute atomic E-state index is 0.0621. The fraction of sp³-hybridized carbons (Fsp3) is 0.433. The normalized spacial score (nSPS) is 23.1. The van der Waals surface area contributed by atoms with Crippen molar-refractivity contribution >= 4 is 46.9 Å². The molecule has 4 unspecified atom stereocenters. The molecule has 0 bridgehead atoms. The van der Waals surface area contributed by atoms with E-state index < -0.39 is 67.0 Å². The Morgan fingerprint density at radius 3 is 2.41 bits per heavy atom. The number of hydrogen-bond acceptors (Lipinski definition) is 7. The second-order valence-electron chi connectivity index (χ2n) is 11.2. The Morgan fingerprint density at radius 1 is 1.09 bits per heavy atom. The number of benzene rings is 2. The van der Waals surface area contributed by atoms with E-state index in [9.17, 15) is 32.8 Å². The van der Waals surface area contributed by atoms with Crippen molar-refractivity contribution in [3.05, 3.63) is 64.2 Å². The van der Waals surface area contributed by atoms with E-state index in [1.54, 1.807) is 0 Å². The van der Waals surface area contributed by atoms with Gasteiger partial charge >= 0.3 is 5.97 Å². The van der Waals surface area contributed by atoms with E-state index in [2.05, 4.69) is 16.0 Å². The Bertz CT molecular complexity index is 1480. The molecule has 3 aliphatic rings. The summed E-state index contributed by atoms with van der Waals surface area (Å²) in [5, 5.41) is 7.61. The van der Waals surface area contributed by atoms with Gasteiger partial charge in [-0.1, -0.05) is 35.9 Å². The summed E-state index contributed by atoms with van der Waals surface area (Å²) in [5.41, 5.74) is 2.56. The van der Waals surface area contributed by atoms with Crippen LogP contribution < -0.4 is 16.0 Å². The van der Waals surface area contributed by atoms with Crippen molar-refractivity contribution in [3.63, 3.8) is 0 Å². The molecule has 4 atom stereocenters. The number of likely N-dealkylation sites (tertiary alicyclic amines) is 1. The fourth-order valence-corrected chi connectivity index (χ4v) is 5.91. The van der Waals surface area contributed by atoms with Gasteiger partial charge in [0.25, 0.3) is 11.8 Å². The number of alkyl halides is 2. The zero-order valence-electron chi connectivity index (χ0n) is 23.9. The predicted molar refractivity (Wildman–Crippen MR) is 153 cm³/mol. The highest BCUT2D eigenvalue weighted by Gasteiger charge is 2.52. The van der Waals surface area contributed by atoms with Crippen LogP contribution in [-0.4, -0.2) is 77.5 Å². The SMILES string of the molecule is CC(=O)Nc1ccc(C(=O)NC(C)C(=O)N2CC(F)(F)CC2C(=O)NC2CC(=O)OC2OC2Cc3ccccc3C2)cc1Cl. The number of carbonyl (C=O) groups is 5. The molecule has 4 amide bonds. The van der Waals surface area contributed by atoms with Gasteiger partial charge in [0.15, 0.2) is 0 Å². The monoisotopic (exact) mass is 632 g/mol. The number of cyclic esters (lactones) is 1. The first kappa shape index (κ1) is 31.3. The Kier molecular flexibility index (Phi) is 8.89. The lowest BCUT2D eigenvalue weighted by molar-refractivity contribution is -0.175. The molecule has 0 aromatic heterocycles. The first-order valence-corrected chi connectivity index (χ1v) is 14.5. The lowest BCUT2D eigenvalue weighted by Crippen LogP contribution is -2.55. The maximum atomic E-state index is 14.6. The van der Waals surface area contributed by atoms with Crippen LogP contribution in [0.2, 0.25) is 5.02 Å². The van der Waals surface area contributed by atoms with E-state index in [1.165, 1.54) is 32.0 Å². The van der Waals surface area contributed by atoms with E-state index in [-0.39, 0.29) is 34.7 Å². The smallest absolute Gasteiger partial charge is 0.310 e. The minimum Gasteiger partial charge on any atom is -0.433 e. The van der Waals surface area contributed by atoms with Gasteiger partial charge in [0.2, 0.25) is 24.0 Å². The topological polar surface area (TPSA) is 143 Å². The Labute approximate surface area is 256 Å². The molecule has 2 fully saturated rings. The van der Waals surface area contributed by atoms with Gasteiger partial charge in [-0.3, -0.25) is 24.0 Å². The molecule has 3 N–H and O–H groups in total. The Hall–Kier alpha value is -4.10. The van der Waals surface area contributed by atoms with E-state index in [1.807, 2.05) is 24.3 Å². The summed E-state index contributed by atoms with van der Waals surface area (Å²) in [6.07, 6.45) is -1.37. The van der Waals surface area contributed by atoms with Gasteiger partial charge in [0.1, 0.15) is 18.1 Å². The number of carbonyl (C=O) groups excluding carboxylic acids is 5. The van der Waals surface area contributed by atoms with E-state index >= 15 is 0 Å². The highest BCUT2D eigenvalue weighted by molar-refractivity contribution is 6.34. The molecule has 11 nitrogen and oxygen atoms in total. The first-order chi connectivity index (χ1) is 20.8. The average molecular weight is 633 g/mol. The molecule has 2 saturated heterocycles. The molecule has 44 heavy (non-hydrogen) atoms. The van der Waals surface area contributed by atoms with Crippen molar-refractivity contribution in [1.29, 1.82) is 0 Å². The second-order valence-corrected chi connectivity index (χ2v) is 11.6. The maximum Gasteiger partial charge on any atom is 0.310 e. The molecule has 0 saturated carbocycles. The summed E-state index contributed by atoms with van der Waals surface area (Å²) in [6, 6.07) is 8.08. The molecule has 2 aromatic carbocycles. The predicted octanol–water partition coefficient (Wildman–Crippen LogP) is 2.59. The van der Waals surface area contributed by atoms with E-state index in [0.29, 0.717) is 12.8 Å². The summed E-state index contributed by atoms with van der Waals surface area (Å²) in [6.45, 7) is 1.58. The molecule has 0 radical (unpaired) electrons. The van der Waals surface area contributed by atoms with Crippen molar-refractivity contribution < 1.29 is 42.2 Å². The number of nitrogens with zero attached hydrogens (tertiary/aromatic N) is 1.